The van der Waals surface area contributed by atoms with E-state index in [0.717, 1.165) is 58.6 Å². The van der Waals surface area contributed by atoms with Crippen LogP contribution in [0.25, 0.3) is 11.1 Å². The van der Waals surface area contributed by atoms with Gasteiger partial charge in [-0.05, 0) is 82.3 Å². The Hall–Kier alpha value is -3.25. The molecule has 1 amide bonds. The molecule has 0 saturated carbocycles. The highest BCUT2D eigenvalue weighted by Gasteiger charge is 2.35. The minimum absolute atomic E-state index is 0.0216. The standard InChI is InChI=1S/C30H36FN3O2/c1-19-12-20(2)14-22(13-19)30(4,5)29(36)33(6)27-17-32-28(34-11-7-8-24(34)18-35)16-26(27)25-10-9-23(31)15-21(25)3/h9-10,12-17,24,35H,7-8,11,18H2,1-6H3/t24-/m0/s1. The maximum absolute atomic E-state index is 14.0. The van der Waals surface area contributed by atoms with Gasteiger partial charge in [-0.15, -0.1) is 0 Å². The van der Waals surface area contributed by atoms with Crippen molar-refractivity contribution < 1.29 is 14.3 Å². The number of aliphatic hydroxyl groups excluding tert-OH is 1. The van der Waals surface area contributed by atoms with Crippen LogP contribution in [-0.2, 0) is 10.2 Å². The van der Waals surface area contributed by atoms with Gasteiger partial charge in [-0.3, -0.25) is 4.79 Å². The van der Waals surface area contributed by atoms with Crippen LogP contribution in [0.2, 0.25) is 0 Å². The van der Waals surface area contributed by atoms with Crippen LogP contribution in [0.3, 0.4) is 0 Å². The molecule has 1 fully saturated rings. The lowest BCUT2D eigenvalue weighted by molar-refractivity contribution is -0.122. The fourth-order valence-electron chi connectivity index (χ4n) is 5.32. The van der Waals surface area contributed by atoms with E-state index in [1.54, 1.807) is 24.2 Å². The van der Waals surface area contributed by atoms with Crippen LogP contribution in [0.15, 0.2) is 48.7 Å². The highest BCUT2D eigenvalue weighted by atomic mass is 19.1. The van der Waals surface area contributed by atoms with Crippen LogP contribution in [0.4, 0.5) is 15.9 Å². The molecule has 1 aliphatic rings. The van der Waals surface area contributed by atoms with Gasteiger partial charge in [0.05, 0.1) is 29.9 Å². The third-order valence-electron chi connectivity index (χ3n) is 7.37. The van der Waals surface area contributed by atoms with E-state index in [2.05, 4.69) is 23.1 Å². The number of hydrogen-bond acceptors (Lipinski definition) is 4. The lowest BCUT2D eigenvalue weighted by Crippen LogP contribution is -2.42. The molecule has 1 atom stereocenters. The summed E-state index contributed by atoms with van der Waals surface area (Å²) in [6.07, 6.45) is 3.63. The molecule has 0 spiro atoms. The summed E-state index contributed by atoms with van der Waals surface area (Å²) in [5.74, 6) is 0.397. The average Bonchev–Trinajstić information content (AvgIpc) is 3.31. The zero-order chi connectivity index (χ0) is 26.2. The second kappa shape index (κ2) is 10.0. The Morgan fingerprint density at radius 1 is 1.11 bits per heavy atom. The maximum atomic E-state index is 14.0. The molecule has 1 saturated heterocycles. The van der Waals surface area contributed by atoms with Crippen molar-refractivity contribution in [2.24, 2.45) is 0 Å². The first-order valence-electron chi connectivity index (χ1n) is 12.5. The molecule has 0 bridgehead atoms. The molecule has 190 valence electrons. The van der Waals surface area contributed by atoms with Gasteiger partial charge in [0.15, 0.2) is 0 Å². The molecule has 1 N–H and O–H groups in total. The molecule has 0 aliphatic carbocycles. The topological polar surface area (TPSA) is 56.7 Å². The van der Waals surface area contributed by atoms with Gasteiger partial charge >= 0.3 is 0 Å². The lowest BCUT2D eigenvalue weighted by atomic mass is 9.81. The third-order valence-corrected chi connectivity index (χ3v) is 7.37. The van der Waals surface area contributed by atoms with Crippen molar-refractivity contribution in [1.29, 1.82) is 0 Å². The fourth-order valence-corrected chi connectivity index (χ4v) is 5.32. The number of aromatic nitrogens is 1. The normalized spacial score (nSPS) is 15.9. The Morgan fingerprint density at radius 3 is 2.44 bits per heavy atom. The van der Waals surface area contributed by atoms with Crippen molar-refractivity contribution in [3.63, 3.8) is 0 Å². The number of carbonyl (C=O) groups is 1. The number of amides is 1. The molecule has 3 aromatic rings. The number of pyridine rings is 1. The summed E-state index contributed by atoms with van der Waals surface area (Å²) in [7, 11) is 1.78. The van der Waals surface area contributed by atoms with Crippen molar-refractivity contribution in [3.8, 4) is 11.1 Å². The van der Waals surface area contributed by atoms with Gasteiger partial charge in [0.25, 0.3) is 0 Å². The van der Waals surface area contributed by atoms with E-state index in [1.165, 1.54) is 12.1 Å². The molecule has 1 aliphatic heterocycles. The van der Waals surface area contributed by atoms with Gasteiger partial charge in [0.1, 0.15) is 11.6 Å². The molecule has 5 nitrogen and oxygen atoms in total. The van der Waals surface area contributed by atoms with E-state index in [9.17, 15) is 14.3 Å². The summed E-state index contributed by atoms with van der Waals surface area (Å²) in [5, 5.41) is 9.85. The highest BCUT2D eigenvalue weighted by molar-refractivity contribution is 6.03. The first-order valence-corrected chi connectivity index (χ1v) is 12.5. The predicted molar refractivity (Wildman–Crippen MR) is 144 cm³/mol. The van der Waals surface area contributed by atoms with Crippen LogP contribution < -0.4 is 9.80 Å². The molecular formula is C30H36FN3O2. The Bertz CT molecular complexity index is 1270. The molecule has 2 aromatic carbocycles. The number of carbonyl (C=O) groups excluding carboxylic acids is 1. The van der Waals surface area contributed by atoms with Crippen LogP contribution in [0.5, 0.6) is 0 Å². The minimum Gasteiger partial charge on any atom is -0.394 e. The molecule has 36 heavy (non-hydrogen) atoms. The Morgan fingerprint density at radius 2 is 1.81 bits per heavy atom. The van der Waals surface area contributed by atoms with Crippen LogP contribution in [0, 0.1) is 26.6 Å². The molecule has 1 aromatic heterocycles. The second-order valence-electron chi connectivity index (χ2n) is 10.6. The quantitative estimate of drug-likeness (QED) is 0.482. The smallest absolute Gasteiger partial charge is 0.236 e. The van der Waals surface area contributed by atoms with Gasteiger partial charge in [-0.2, -0.15) is 0 Å². The summed E-state index contributed by atoms with van der Waals surface area (Å²) in [5.41, 5.74) is 5.53. The van der Waals surface area contributed by atoms with E-state index in [-0.39, 0.29) is 24.4 Å². The van der Waals surface area contributed by atoms with E-state index in [4.69, 9.17) is 4.98 Å². The van der Waals surface area contributed by atoms with Crippen LogP contribution in [-0.4, -0.2) is 42.2 Å². The predicted octanol–water partition coefficient (Wildman–Crippen LogP) is 5.71. The third kappa shape index (κ3) is 4.87. The number of hydrogen-bond donors (Lipinski definition) is 1. The molecular weight excluding hydrogens is 453 g/mol. The monoisotopic (exact) mass is 489 g/mol. The number of anilines is 2. The van der Waals surface area contributed by atoms with Crippen LogP contribution in [0.1, 0.15) is 48.9 Å². The molecule has 0 radical (unpaired) electrons. The van der Waals surface area contributed by atoms with Crippen molar-refractivity contribution in [2.75, 3.05) is 30.0 Å². The van der Waals surface area contributed by atoms with E-state index < -0.39 is 5.41 Å². The largest absolute Gasteiger partial charge is 0.394 e. The summed E-state index contributed by atoms with van der Waals surface area (Å²) < 4.78 is 14.0. The van der Waals surface area contributed by atoms with Crippen molar-refractivity contribution >= 4 is 17.4 Å². The zero-order valence-corrected chi connectivity index (χ0v) is 22.1. The SMILES string of the molecule is Cc1cc(C)cc(C(C)(C)C(=O)N(C)c2cnc(N3CCC[C@H]3CO)cc2-c2ccc(F)cc2C)c1. The number of nitrogens with zero attached hydrogens (tertiary/aromatic N) is 3. The molecule has 6 heteroatoms. The van der Waals surface area contributed by atoms with Crippen LogP contribution >= 0.6 is 0 Å². The van der Waals surface area contributed by atoms with Gasteiger partial charge in [-0.25, -0.2) is 9.37 Å². The number of benzene rings is 2. The molecule has 4 rings (SSSR count). The second-order valence-corrected chi connectivity index (χ2v) is 10.6. The maximum Gasteiger partial charge on any atom is 0.236 e. The van der Waals surface area contributed by atoms with Gasteiger partial charge in [0.2, 0.25) is 5.91 Å². The van der Waals surface area contributed by atoms with Gasteiger partial charge in [-0.1, -0.05) is 35.4 Å². The Kier molecular flexibility index (Phi) is 7.19. The zero-order valence-electron chi connectivity index (χ0n) is 22.1. The first kappa shape index (κ1) is 25.8. The van der Waals surface area contributed by atoms with Crippen molar-refractivity contribution in [1.82, 2.24) is 4.98 Å². The van der Waals surface area contributed by atoms with Crippen molar-refractivity contribution in [2.45, 2.75) is 58.9 Å². The lowest BCUT2D eigenvalue weighted by Gasteiger charge is -2.32. The van der Waals surface area contributed by atoms with E-state index in [1.807, 2.05) is 40.7 Å². The van der Waals surface area contributed by atoms with Gasteiger partial charge in [0, 0.05) is 19.2 Å². The summed E-state index contributed by atoms with van der Waals surface area (Å²) in [6, 6.07) is 12.9. The van der Waals surface area contributed by atoms with E-state index in [0.29, 0.717) is 5.69 Å². The first-order chi connectivity index (χ1) is 17.0. The average molecular weight is 490 g/mol. The molecule has 0 unspecified atom stereocenters. The summed E-state index contributed by atoms with van der Waals surface area (Å²) >= 11 is 0. The number of aliphatic hydroxyl groups is 1. The van der Waals surface area contributed by atoms with Crippen molar-refractivity contribution in [3.05, 3.63) is 76.7 Å². The summed E-state index contributed by atoms with van der Waals surface area (Å²) in [6.45, 7) is 10.7. The summed E-state index contributed by atoms with van der Waals surface area (Å²) in [4.78, 5) is 22.5. The van der Waals surface area contributed by atoms with E-state index >= 15 is 0 Å². The highest BCUT2D eigenvalue weighted by Crippen LogP contribution is 2.38. The minimum atomic E-state index is -0.768. The number of likely N-dealkylation sites (N-methyl/N-ethyl adjacent to an activating group) is 1. The number of rotatable bonds is 6. The number of halogens is 1. The Labute approximate surface area is 213 Å². The fraction of sp³-hybridized carbons (Fsp3) is 0.400. The number of aryl methyl sites for hydroxylation is 3. The Balaban J connectivity index is 1.81. The molecule has 2 heterocycles. The van der Waals surface area contributed by atoms with Gasteiger partial charge < -0.3 is 14.9 Å².